The Morgan fingerprint density at radius 3 is 3.00 bits per heavy atom. The summed E-state index contributed by atoms with van der Waals surface area (Å²) < 4.78 is 10.7. The summed E-state index contributed by atoms with van der Waals surface area (Å²) in [7, 11) is 1.63. The van der Waals surface area contributed by atoms with Gasteiger partial charge in [-0.3, -0.25) is 4.98 Å². The van der Waals surface area contributed by atoms with Crippen LogP contribution < -0.4 is 5.32 Å². The fourth-order valence-electron chi connectivity index (χ4n) is 3.62. The van der Waals surface area contributed by atoms with Crippen LogP contribution in [-0.2, 0) is 15.1 Å². The van der Waals surface area contributed by atoms with Crippen LogP contribution in [0.15, 0.2) is 24.5 Å². The molecule has 7 nitrogen and oxygen atoms in total. The van der Waals surface area contributed by atoms with Crippen molar-refractivity contribution in [1.29, 1.82) is 0 Å². The largest absolute Gasteiger partial charge is 0.385 e. The highest BCUT2D eigenvalue weighted by Crippen LogP contribution is 2.36. The first-order chi connectivity index (χ1) is 12.1. The summed E-state index contributed by atoms with van der Waals surface area (Å²) in [5, 5.41) is 13.9. The molecule has 2 aliphatic rings. The quantitative estimate of drug-likeness (QED) is 0.855. The minimum Gasteiger partial charge on any atom is -0.385 e. The van der Waals surface area contributed by atoms with E-state index in [2.05, 4.69) is 10.3 Å². The predicted molar refractivity (Wildman–Crippen MR) is 92.1 cm³/mol. The minimum absolute atomic E-state index is 0.0544. The van der Waals surface area contributed by atoms with E-state index in [0.29, 0.717) is 39.1 Å². The lowest BCUT2D eigenvalue weighted by atomic mass is 9.78. The van der Waals surface area contributed by atoms with Crippen molar-refractivity contribution < 1.29 is 19.4 Å². The number of ether oxygens (including phenoxy) is 2. The number of nitrogens with one attached hydrogen (secondary N) is 1. The second-order valence-electron chi connectivity index (χ2n) is 6.89. The van der Waals surface area contributed by atoms with Crippen LogP contribution in [-0.4, -0.2) is 66.6 Å². The maximum Gasteiger partial charge on any atom is 0.317 e. The van der Waals surface area contributed by atoms with Crippen LogP contribution in [0.5, 0.6) is 0 Å². The van der Waals surface area contributed by atoms with Crippen LogP contribution in [0.1, 0.15) is 31.2 Å². The number of urea groups is 1. The number of nitrogens with zero attached hydrogens (tertiary/aromatic N) is 2. The van der Waals surface area contributed by atoms with Crippen LogP contribution in [0.2, 0.25) is 0 Å². The Kier molecular flexibility index (Phi) is 5.88. The fraction of sp³-hybridized carbons (Fsp3) is 0.667. The van der Waals surface area contributed by atoms with Gasteiger partial charge in [0.1, 0.15) is 0 Å². The second-order valence-corrected chi connectivity index (χ2v) is 6.89. The van der Waals surface area contributed by atoms with Gasteiger partial charge in [0, 0.05) is 37.7 Å². The normalized spacial score (nSPS) is 30.1. The predicted octanol–water partition coefficient (Wildman–Crippen LogP) is 1.27. The monoisotopic (exact) mass is 349 g/mol. The van der Waals surface area contributed by atoms with Crippen molar-refractivity contribution in [2.24, 2.45) is 0 Å². The summed E-state index contributed by atoms with van der Waals surface area (Å²) in [5.74, 6) is 0. The van der Waals surface area contributed by atoms with Crippen molar-refractivity contribution >= 4 is 6.03 Å². The lowest BCUT2D eigenvalue weighted by molar-refractivity contribution is -0.0503. The molecule has 1 saturated carbocycles. The van der Waals surface area contributed by atoms with Crippen LogP contribution in [0.25, 0.3) is 0 Å². The summed E-state index contributed by atoms with van der Waals surface area (Å²) in [6.07, 6.45) is 6.12. The third kappa shape index (κ3) is 4.48. The third-order valence-corrected chi connectivity index (χ3v) is 5.12. The number of hydrogen-bond acceptors (Lipinski definition) is 5. The van der Waals surface area contributed by atoms with E-state index < -0.39 is 5.60 Å². The van der Waals surface area contributed by atoms with Crippen molar-refractivity contribution in [3.8, 4) is 0 Å². The second kappa shape index (κ2) is 8.12. The van der Waals surface area contributed by atoms with Crippen molar-refractivity contribution in [2.45, 2.75) is 43.4 Å². The van der Waals surface area contributed by atoms with E-state index in [1.54, 1.807) is 24.4 Å². The molecule has 138 valence electrons. The Morgan fingerprint density at radius 1 is 1.52 bits per heavy atom. The first-order valence-electron chi connectivity index (χ1n) is 8.89. The molecule has 1 aromatic rings. The molecule has 1 aliphatic carbocycles. The molecule has 1 aromatic heterocycles. The number of rotatable bonds is 4. The zero-order valence-electron chi connectivity index (χ0n) is 14.7. The number of carbonyl (C=O) groups excluding carboxylic acids is 1. The molecule has 0 spiro atoms. The molecule has 0 bridgehead atoms. The van der Waals surface area contributed by atoms with E-state index in [1.807, 2.05) is 12.1 Å². The Balaban J connectivity index is 1.49. The summed E-state index contributed by atoms with van der Waals surface area (Å²) in [4.78, 5) is 18.4. The standard InChI is InChI=1S/C18H27N3O4/c1-24-13-16-12-21(9-10-25-16)17(22)20-15-4-6-18(23,7-5-15)14-3-2-8-19-11-14/h2-3,8,11,15-16,23H,4-7,9-10,12-13H2,1H3,(H,20,22). The van der Waals surface area contributed by atoms with Crippen molar-refractivity contribution in [2.75, 3.05) is 33.4 Å². The molecule has 0 radical (unpaired) electrons. The van der Waals surface area contributed by atoms with E-state index in [1.165, 1.54) is 0 Å². The summed E-state index contributed by atoms with van der Waals surface area (Å²) in [6, 6.07) is 3.79. The summed E-state index contributed by atoms with van der Waals surface area (Å²) in [6.45, 7) is 2.17. The number of amides is 2. The van der Waals surface area contributed by atoms with Gasteiger partial charge in [-0.25, -0.2) is 4.79 Å². The van der Waals surface area contributed by atoms with Gasteiger partial charge in [-0.1, -0.05) is 6.07 Å². The molecule has 0 aromatic carbocycles. The minimum atomic E-state index is -0.835. The molecular weight excluding hydrogens is 322 g/mol. The van der Waals surface area contributed by atoms with E-state index in [9.17, 15) is 9.90 Å². The van der Waals surface area contributed by atoms with Gasteiger partial charge in [0.05, 0.1) is 31.5 Å². The highest BCUT2D eigenvalue weighted by molar-refractivity contribution is 5.74. The number of methoxy groups -OCH3 is 1. The van der Waals surface area contributed by atoms with Crippen LogP contribution in [0.4, 0.5) is 4.79 Å². The smallest absolute Gasteiger partial charge is 0.317 e. The number of aliphatic hydroxyl groups is 1. The zero-order chi connectivity index (χ0) is 17.7. The molecule has 2 fully saturated rings. The van der Waals surface area contributed by atoms with Gasteiger partial charge in [-0.2, -0.15) is 0 Å². The van der Waals surface area contributed by atoms with Gasteiger partial charge in [0.15, 0.2) is 0 Å². The van der Waals surface area contributed by atoms with E-state index in [-0.39, 0.29) is 18.2 Å². The van der Waals surface area contributed by atoms with Crippen LogP contribution in [0.3, 0.4) is 0 Å². The molecule has 1 atom stereocenters. The molecule has 1 unspecified atom stereocenters. The molecular formula is C18H27N3O4. The highest BCUT2D eigenvalue weighted by Gasteiger charge is 2.36. The van der Waals surface area contributed by atoms with Gasteiger partial charge in [0.2, 0.25) is 0 Å². The molecule has 7 heteroatoms. The van der Waals surface area contributed by atoms with Crippen LogP contribution >= 0.6 is 0 Å². The van der Waals surface area contributed by atoms with Gasteiger partial charge >= 0.3 is 6.03 Å². The number of pyridine rings is 1. The molecule has 1 aliphatic heterocycles. The van der Waals surface area contributed by atoms with Crippen molar-refractivity contribution in [3.05, 3.63) is 30.1 Å². The maximum atomic E-state index is 12.5. The molecule has 2 heterocycles. The molecule has 3 rings (SSSR count). The number of hydrogen-bond donors (Lipinski definition) is 2. The average molecular weight is 349 g/mol. The molecule has 25 heavy (non-hydrogen) atoms. The first-order valence-corrected chi connectivity index (χ1v) is 8.89. The van der Waals surface area contributed by atoms with Gasteiger partial charge in [0.25, 0.3) is 0 Å². The fourth-order valence-corrected chi connectivity index (χ4v) is 3.62. The summed E-state index contributed by atoms with van der Waals surface area (Å²) >= 11 is 0. The van der Waals surface area contributed by atoms with Gasteiger partial charge < -0.3 is 24.8 Å². The van der Waals surface area contributed by atoms with Crippen molar-refractivity contribution in [3.63, 3.8) is 0 Å². The molecule has 2 amide bonds. The molecule has 2 N–H and O–H groups in total. The average Bonchev–Trinajstić information content (AvgIpc) is 2.65. The number of carbonyl (C=O) groups is 1. The van der Waals surface area contributed by atoms with Crippen molar-refractivity contribution in [1.82, 2.24) is 15.2 Å². The van der Waals surface area contributed by atoms with E-state index in [4.69, 9.17) is 9.47 Å². The highest BCUT2D eigenvalue weighted by atomic mass is 16.5. The Labute approximate surface area is 148 Å². The van der Waals surface area contributed by atoms with Gasteiger partial charge in [-0.05, 0) is 31.7 Å². The lowest BCUT2D eigenvalue weighted by Gasteiger charge is -2.38. The number of aromatic nitrogens is 1. The van der Waals surface area contributed by atoms with E-state index in [0.717, 1.165) is 18.4 Å². The molecule has 1 saturated heterocycles. The van der Waals surface area contributed by atoms with Crippen LogP contribution in [0, 0.1) is 0 Å². The lowest BCUT2D eigenvalue weighted by Crippen LogP contribution is -2.53. The SMILES string of the molecule is COCC1CN(C(=O)NC2CCC(O)(c3cccnc3)CC2)CCO1. The first kappa shape index (κ1) is 18.1. The third-order valence-electron chi connectivity index (χ3n) is 5.12. The maximum absolute atomic E-state index is 12.5. The number of morpholine rings is 1. The Bertz CT molecular complexity index is 559. The Hall–Kier alpha value is -1.70. The Morgan fingerprint density at radius 2 is 2.32 bits per heavy atom. The van der Waals surface area contributed by atoms with Gasteiger partial charge in [-0.15, -0.1) is 0 Å². The topological polar surface area (TPSA) is 83.9 Å². The zero-order valence-corrected chi connectivity index (χ0v) is 14.7. The van der Waals surface area contributed by atoms with E-state index >= 15 is 0 Å². The summed E-state index contributed by atoms with van der Waals surface area (Å²) in [5.41, 5.74) is 0.0215.